The number of thioether (sulfide) groups is 1. The summed E-state index contributed by atoms with van der Waals surface area (Å²) in [5, 5.41) is 18.6. The number of aromatic carboxylic acids is 1. The molecule has 18 heavy (non-hydrogen) atoms. The van der Waals surface area contributed by atoms with E-state index in [9.17, 15) is 9.90 Å². The summed E-state index contributed by atoms with van der Waals surface area (Å²) in [5.74, 6) is -0.773. The summed E-state index contributed by atoms with van der Waals surface area (Å²) in [4.78, 5) is 12.2. The Morgan fingerprint density at radius 2 is 1.78 bits per heavy atom. The van der Waals surface area contributed by atoms with E-state index in [0.717, 1.165) is 4.90 Å². The van der Waals surface area contributed by atoms with E-state index in [1.165, 1.54) is 17.8 Å². The monoisotopic (exact) mass is 260 g/mol. The van der Waals surface area contributed by atoms with Gasteiger partial charge in [0.1, 0.15) is 11.3 Å². The molecule has 2 aromatic carbocycles. The van der Waals surface area contributed by atoms with Gasteiger partial charge in [0.25, 0.3) is 0 Å². The molecule has 0 radical (unpaired) electrons. The molecule has 2 aromatic rings. The van der Waals surface area contributed by atoms with Gasteiger partial charge in [-0.25, -0.2) is 4.79 Å². The number of rotatable bonds is 4. The lowest BCUT2D eigenvalue weighted by Crippen LogP contribution is -2.01. The van der Waals surface area contributed by atoms with E-state index in [1.54, 1.807) is 12.1 Å². The van der Waals surface area contributed by atoms with Crippen molar-refractivity contribution >= 4 is 17.7 Å². The molecule has 0 fully saturated rings. The van der Waals surface area contributed by atoms with Crippen molar-refractivity contribution in [1.82, 2.24) is 0 Å². The number of carboxylic acid groups (broad SMARTS) is 1. The van der Waals surface area contributed by atoms with Crippen LogP contribution in [0, 0.1) is 0 Å². The van der Waals surface area contributed by atoms with E-state index in [4.69, 9.17) is 5.11 Å². The van der Waals surface area contributed by atoms with Crippen molar-refractivity contribution in [1.29, 1.82) is 0 Å². The third-order valence-corrected chi connectivity index (χ3v) is 3.54. The molecule has 0 heterocycles. The number of carbonyl (C=O) groups is 1. The van der Waals surface area contributed by atoms with Crippen LogP contribution in [-0.2, 0) is 5.75 Å². The van der Waals surface area contributed by atoms with Crippen LogP contribution in [0.5, 0.6) is 5.75 Å². The Kier molecular flexibility index (Phi) is 3.89. The third kappa shape index (κ3) is 2.84. The smallest absolute Gasteiger partial charge is 0.339 e. The molecule has 2 N–H and O–H groups in total. The van der Waals surface area contributed by atoms with Gasteiger partial charge in [-0.1, -0.05) is 30.3 Å². The van der Waals surface area contributed by atoms with Crippen LogP contribution in [0.4, 0.5) is 0 Å². The Hall–Kier alpha value is -1.94. The molecule has 0 bridgehead atoms. The largest absolute Gasteiger partial charge is 0.507 e. The number of benzene rings is 2. The number of aromatic hydroxyl groups is 1. The quantitative estimate of drug-likeness (QED) is 0.827. The maximum absolute atomic E-state index is 11.1. The summed E-state index contributed by atoms with van der Waals surface area (Å²) >= 11 is 1.54. The molecular formula is C14H12O3S. The van der Waals surface area contributed by atoms with Crippen LogP contribution in [0.3, 0.4) is 0 Å². The Bertz CT molecular complexity index is 552. The van der Waals surface area contributed by atoms with Crippen molar-refractivity contribution in [3.05, 3.63) is 59.7 Å². The first-order valence-electron chi connectivity index (χ1n) is 5.40. The van der Waals surface area contributed by atoms with Gasteiger partial charge >= 0.3 is 5.97 Å². The summed E-state index contributed by atoms with van der Waals surface area (Å²) in [6.45, 7) is 0. The van der Waals surface area contributed by atoms with Crippen LogP contribution in [0.25, 0.3) is 0 Å². The van der Waals surface area contributed by atoms with Gasteiger partial charge < -0.3 is 10.2 Å². The highest BCUT2D eigenvalue weighted by Crippen LogP contribution is 2.28. The zero-order valence-electron chi connectivity index (χ0n) is 9.54. The first-order chi connectivity index (χ1) is 8.68. The minimum atomic E-state index is -1.10. The third-order valence-electron chi connectivity index (χ3n) is 2.48. The van der Waals surface area contributed by atoms with Crippen molar-refractivity contribution < 1.29 is 15.0 Å². The minimum Gasteiger partial charge on any atom is -0.507 e. The number of carboxylic acids is 1. The van der Waals surface area contributed by atoms with Crippen molar-refractivity contribution in [3.8, 4) is 5.75 Å². The van der Waals surface area contributed by atoms with Crippen molar-refractivity contribution in [2.24, 2.45) is 0 Å². The molecule has 0 atom stereocenters. The molecule has 0 amide bonds. The van der Waals surface area contributed by atoms with E-state index in [-0.39, 0.29) is 11.3 Å². The SMILES string of the molecule is O=C(O)c1c(O)cccc1CSc1ccccc1. The number of hydrogen-bond acceptors (Lipinski definition) is 3. The normalized spacial score (nSPS) is 10.2. The van der Waals surface area contributed by atoms with E-state index in [1.807, 2.05) is 30.3 Å². The second-order valence-corrected chi connectivity index (χ2v) is 4.77. The highest BCUT2D eigenvalue weighted by molar-refractivity contribution is 7.98. The Balaban J connectivity index is 2.20. The van der Waals surface area contributed by atoms with Gasteiger partial charge in [0, 0.05) is 10.6 Å². The van der Waals surface area contributed by atoms with Crippen LogP contribution in [0.15, 0.2) is 53.4 Å². The maximum atomic E-state index is 11.1. The number of hydrogen-bond donors (Lipinski definition) is 2. The second kappa shape index (κ2) is 5.60. The average Bonchev–Trinajstić information content (AvgIpc) is 2.37. The van der Waals surface area contributed by atoms with Gasteiger partial charge in [-0.3, -0.25) is 0 Å². The van der Waals surface area contributed by atoms with Crippen LogP contribution >= 0.6 is 11.8 Å². The lowest BCUT2D eigenvalue weighted by atomic mass is 10.1. The van der Waals surface area contributed by atoms with Gasteiger partial charge in [-0.15, -0.1) is 11.8 Å². The molecule has 92 valence electrons. The molecule has 4 heteroatoms. The summed E-state index contributed by atoms with van der Waals surface area (Å²) in [6.07, 6.45) is 0. The van der Waals surface area contributed by atoms with Crippen LogP contribution in [-0.4, -0.2) is 16.2 Å². The fraction of sp³-hybridized carbons (Fsp3) is 0.0714. The van der Waals surface area contributed by atoms with Crippen molar-refractivity contribution in [2.75, 3.05) is 0 Å². The van der Waals surface area contributed by atoms with E-state index in [2.05, 4.69) is 0 Å². The molecule has 3 nitrogen and oxygen atoms in total. The molecule has 0 saturated carbocycles. The molecule has 0 unspecified atom stereocenters. The molecule has 2 rings (SSSR count). The molecule has 0 saturated heterocycles. The van der Waals surface area contributed by atoms with Crippen LogP contribution in [0.1, 0.15) is 15.9 Å². The number of phenols is 1. The van der Waals surface area contributed by atoms with E-state index >= 15 is 0 Å². The highest BCUT2D eigenvalue weighted by Gasteiger charge is 2.14. The molecule has 0 spiro atoms. The lowest BCUT2D eigenvalue weighted by molar-refractivity contribution is 0.0693. The first-order valence-corrected chi connectivity index (χ1v) is 6.39. The second-order valence-electron chi connectivity index (χ2n) is 3.72. The first kappa shape index (κ1) is 12.5. The van der Waals surface area contributed by atoms with Gasteiger partial charge in [0.2, 0.25) is 0 Å². The minimum absolute atomic E-state index is 0.0130. The molecule has 0 aromatic heterocycles. The fourth-order valence-corrected chi connectivity index (χ4v) is 2.54. The van der Waals surface area contributed by atoms with Gasteiger partial charge in [-0.2, -0.15) is 0 Å². The summed E-state index contributed by atoms with van der Waals surface area (Å²) in [7, 11) is 0. The predicted molar refractivity (Wildman–Crippen MR) is 71.1 cm³/mol. The Morgan fingerprint density at radius 1 is 1.06 bits per heavy atom. The lowest BCUT2D eigenvalue weighted by Gasteiger charge is -2.07. The summed E-state index contributed by atoms with van der Waals surface area (Å²) in [6, 6.07) is 14.5. The molecule has 0 aliphatic carbocycles. The van der Waals surface area contributed by atoms with Crippen LogP contribution < -0.4 is 0 Å². The van der Waals surface area contributed by atoms with Gasteiger partial charge in [0.15, 0.2) is 0 Å². The maximum Gasteiger partial charge on any atom is 0.339 e. The van der Waals surface area contributed by atoms with Crippen molar-refractivity contribution in [2.45, 2.75) is 10.6 Å². The van der Waals surface area contributed by atoms with Crippen molar-refractivity contribution in [3.63, 3.8) is 0 Å². The molecular weight excluding hydrogens is 248 g/mol. The summed E-state index contributed by atoms with van der Waals surface area (Å²) < 4.78 is 0. The Labute approximate surface area is 109 Å². The standard InChI is InChI=1S/C14H12O3S/c15-12-8-4-5-10(13(12)14(16)17)9-18-11-6-2-1-3-7-11/h1-8,15H,9H2,(H,16,17). The highest BCUT2D eigenvalue weighted by atomic mass is 32.2. The van der Waals surface area contributed by atoms with E-state index in [0.29, 0.717) is 11.3 Å². The zero-order chi connectivity index (χ0) is 13.0. The molecule has 0 aliphatic rings. The topological polar surface area (TPSA) is 57.5 Å². The fourth-order valence-electron chi connectivity index (χ4n) is 1.63. The summed E-state index contributed by atoms with van der Waals surface area (Å²) in [5.41, 5.74) is 0.609. The predicted octanol–water partition coefficient (Wildman–Crippen LogP) is 3.38. The van der Waals surface area contributed by atoms with Gasteiger partial charge in [-0.05, 0) is 23.8 Å². The average molecular weight is 260 g/mol. The Morgan fingerprint density at radius 3 is 2.44 bits per heavy atom. The van der Waals surface area contributed by atoms with E-state index < -0.39 is 5.97 Å². The zero-order valence-corrected chi connectivity index (χ0v) is 10.4. The van der Waals surface area contributed by atoms with Crippen LogP contribution in [0.2, 0.25) is 0 Å². The molecule has 0 aliphatic heterocycles. The van der Waals surface area contributed by atoms with Gasteiger partial charge in [0.05, 0.1) is 0 Å².